The largest absolute Gasteiger partial charge is 0.493 e. The molecule has 0 saturated carbocycles. The number of hydrogen-bond acceptors (Lipinski definition) is 5. The monoisotopic (exact) mass is 359 g/mol. The van der Waals surface area contributed by atoms with Crippen LogP contribution in [0.25, 0.3) is 0 Å². The molecule has 0 spiro atoms. The summed E-state index contributed by atoms with van der Waals surface area (Å²) in [5.74, 6) is 0.647. The Balaban J connectivity index is 1.86. The molecule has 26 heavy (non-hydrogen) atoms. The Hall–Kier alpha value is -2.80. The zero-order chi connectivity index (χ0) is 18.9. The average Bonchev–Trinajstić information content (AvgIpc) is 3.14. The summed E-state index contributed by atoms with van der Waals surface area (Å²) >= 11 is 0. The van der Waals surface area contributed by atoms with Crippen molar-refractivity contribution in [2.45, 2.75) is 13.0 Å². The SMILES string of the molecule is CCOc1ccccc1C(=O)NCC(=O)NCC(c1ccco1)N(C)C. The predicted octanol–water partition coefficient (Wildman–Crippen LogP) is 1.83. The molecule has 2 aromatic rings. The highest BCUT2D eigenvalue weighted by Crippen LogP contribution is 2.18. The molecule has 0 fully saturated rings. The zero-order valence-corrected chi connectivity index (χ0v) is 15.3. The van der Waals surface area contributed by atoms with Crippen LogP contribution >= 0.6 is 0 Å². The van der Waals surface area contributed by atoms with Crippen molar-refractivity contribution in [2.24, 2.45) is 0 Å². The molecular weight excluding hydrogens is 334 g/mol. The lowest BCUT2D eigenvalue weighted by atomic mass is 10.2. The van der Waals surface area contributed by atoms with Gasteiger partial charge in [-0.05, 0) is 45.3 Å². The third kappa shape index (κ3) is 5.35. The zero-order valence-electron chi connectivity index (χ0n) is 15.3. The first-order valence-electron chi connectivity index (χ1n) is 8.49. The number of nitrogens with zero attached hydrogens (tertiary/aromatic N) is 1. The van der Waals surface area contributed by atoms with Gasteiger partial charge in [-0.25, -0.2) is 0 Å². The van der Waals surface area contributed by atoms with Crippen LogP contribution in [0.1, 0.15) is 29.1 Å². The quantitative estimate of drug-likeness (QED) is 0.714. The predicted molar refractivity (Wildman–Crippen MR) is 98.1 cm³/mol. The molecule has 7 nitrogen and oxygen atoms in total. The summed E-state index contributed by atoms with van der Waals surface area (Å²) < 4.78 is 10.8. The first-order chi connectivity index (χ1) is 12.5. The van der Waals surface area contributed by atoms with Crippen molar-refractivity contribution in [1.82, 2.24) is 15.5 Å². The van der Waals surface area contributed by atoms with Crippen LogP contribution in [0.4, 0.5) is 0 Å². The van der Waals surface area contributed by atoms with Gasteiger partial charge in [0, 0.05) is 6.54 Å². The minimum Gasteiger partial charge on any atom is -0.493 e. The molecule has 1 unspecified atom stereocenters. The smallest absolute Gasteiger partial charge is 0.255 e. The van der Waals surface area contributed by atoms with Gasteiger partial charge in [0.2, 0.25) is 5.91 Å². The van der Waals surface area contributed by atoms with Crippen molar-refractivity contribution in [2.75, 3.05) is 33.8 Å². The molecule has 0 aliphatic carbocycles. The summed E-state index contributed by atoms with van der Waals surface area (Å²) in [4.78, 5) is 26.3. The molecule has 0 aliphatic rings. The van der Waals surface area contributed by atoms with Gasteiger partial charge in [-0.2, -0.15) is 0 Å². The van der Waals surface area contributed by atoms with Gasteiger partial charge < -0.3 is 19.8 Å². The number of rotatable bonds is 9. The van der Waals surface area contributed by atoms with Crippen molar-refractivity contribution < 1.29 is 18.7 Å². The Labute approximate surface area is 153 Å². The summed E-state index contributed by atoms with van der Waals surface area (Å²) in [5.41, 5.74) is 0.406. The summed E-state index contributed by atoms with van der Waals surface area (Å²) in [6.07, 6.45) is 1.60. The van der Waals surface area contributed by atoms with E-state index in [4.69, 9.17) is 9.15 Å². The van der Waals surface area contributed by atoms with Crippen molar-refractivity contribution in [3.05, 3.63) is 54.0 Å². The molecule has 2 N–H and O–H groups in total. The third-order valence-electron chi connectivity index (χ3n) is 3.83. The fourth-order valence-corrected chi connectivity index (χ4v) is 2.48. The Bertz CT molecular complexity index is 713. The normalized spacial score (nSPS) is 11.8. The van der Waals surface area contributed by atoms with Gasteiger partial charge in [-0.3, -0.25) is 14.5 Å². The third-order valence-corrected chi connectivity index (χ3v) is 3.83. The molecule has 1 heterocycles. The van der Waals surface area contributed by atoms with E-state index < -0.39 is 0 Å². The van der Waals surface area contributed by atoms with E-state index in [2.05, 4.69) is 10.6 Å². The van der Waals surface area contributed by atoms with E-state index >= 15 is 0 Å². The number of carbonyl (C=O) groups excluding carboxylic acids is 2. The molecule has 0 bridgehead atoms. The van der Waals surface area contributed by atoms with Gasteiger partial charge in [-0.15, -0.1) is 0 Å². The highest BCUT2D eigenvalue weighted by molar-refractivity contribution is 5.98. The van der Waals surface area contributed by atoms with E-state index in [1.807, 2.05) is 38.1 Å². The van der Waals surface area contributed by atoms with Crippen molar-refractivity contribution in [3.63, 3.8) is 0 Å². The van der Waals surface area contributed by atoms with E-state index in [1.165, 1.54) is 0 Å². The van der Waals surface area contributed by atoms with Gasteiger partial charge in [0.15, 0.2) is 0 Å². The second-order valence-corrected chi connectivity index (χ2v) is 5.91. The van der Waals surface area contributed by atoms with Crippen LogP contribution in [-0.2, 0) is 4.79 Å². The van der Waals surface area contributed by atoms with Gasteiger partial charge in [0.05, 0.1) is 31.0 Å². The number of amides is 2. The molecule has 1 aromatic heterocycles. The lowest BCUT2D eigenvalue weighted by molar-refractivity contribution is -0.120. The van der Waals surface area contributed by atoms with E-state index in [9.17, 15) is 9.59 Å². The van der Waals surface area contributed by atoms with Crippen LogP contribution in [0.15, 0.2) is 47.1 Å². The summed E-state index contributed by atoms with van der Waals surface area (Å²) in [7, 11) is 3.82. The summed E-state index contributed by atoms with van der Waals surface area (Å²) in [6.45, 7) is 2.58. The molecule has 0 radical (unpaired) electrons. The van der Waals surface area contributed by atoms with Crippen molar-refractivity contribution in [1.29, 1.82) is 0 Å². The van der Waals surface area contributed by atoms with Crippen LogP contribution in [0.2, 0.25) is 0 Å². The number of benzene rings is 1. The molecule has 0 saturated heterocycles. The van der Waals surface area contributed by atoms with Crippen LogP contribution in [-0.4, -0.2) is 50.5 Å². The van der Waals surface area contributed by atoms with Gasteiger partial charge in [-0.1, -0.05) is 12.1 Å². The van der Waals surface area contributed by atoms with E-state index in [0.29, 0.717) is 24.5 Å². The Morgan fingerprint density at radius 2 is 1.92 bits per heavy atom. The van der Waals surface area contributed by atoms with E-state index in [0.717, 1.165) is 5.76 Å². The molecular formula is C19H25N3O4. The van der Waals surface area contributed by atoms with Crippen molar-refractivity contribution >= 4 is 11.8 Å². The highest BCUT2D eigenvalue weighted by Gasteiger charge is 2.18. The highest BCUT2D eigenvalue weighted by atomic mass is 16.5. The number of likely N-dealkylation sites (N-methyl/N-ethyl adjacent to an activating group) is 1. The van der Waals surface area contributed by atoms with Gasteiger partial charge >= 0.3 is 0 Å². The minimum absolute atomic E-state index is 0.0802. The second kappa shape index (κ2) is 9.62. The van der Waals surface area contributed by atoms with Gasteiger partial charge in [0.25, 0.3) is 5.91 Å². The Kier molecular flexibility index (Phi) is 7.23. The number of hydrogen-bond donors (Lipinski definition) is 2. The number of furan rings is 1. The van der Waals surface area contributed by atoms with Crippen LogP contribution in [0.5, 0.6) is 5.75 Å². The summed E-state index contributed by atoms with van der Waals surface area (Å²) in [6, 6.07) is 10.5. The molecule has 0 aliphatic heterocycles. The van der Waals surface area contributed by atoms with Crippen molar-refractivity contribution in [3.8, 4) is 5.75 Å². The maximum absolute atomic E-state index is 12.3. The number of carbonyl (C=O) groups is 2. The second-order valence-electron chi connectivity index (χ2n) is 5.91. The first-order valence-corrected chi connectivity index (χ1v) is 8.49. The Morgan fingerprint density at radius 1 is 1.15 bits per heavy atom. The molecule has 1 aromatic carbocycles. The maximum atomic E-state index is 12.3. The molecule has 140 valence electrons. The number of nitrogens with one attached hydrogen (secondary N) is 2. The maximum Gasteiger partial charge on any atom is 0.255 e. The van der Waals surface area contributed by atoms with Crippen LogP contribution in [0.3, 0.4) is 0 Å². The molecule has 1 atom stereocenters. The minimum atomic E-state index is -0.348. The lowest BCUT2D eigenvalue weighted by Crippen LogP contribution is -2.40. The van der Waals surface area contributed by atoms with Crippen LogP contribution in [0, 0.1) is 0 Å². The van der Waals surface area contributed by atoms with E-state index in [1.54, 1.807) is 30.5 Å². The van der Waals surface area contributed by atoms with Crippen LogP contribution < -0.4 is 15.4 Å². The fourth-order valence-electron chi connectivity index (χ4n) is 2.48. The molecule has 7 heteroatoms. The fraction of sp³-hybridized carbons (Fsp3) is 0.368. The Morgan fingerprint density at radius 3 is 2.58 bits per heavy atom. The standard InChI is InChI=1S/C19H25N3O4/c1-4-25-16-9-6-5-8-14(16)19(24)21-13-18(23)20-12-15(22(2)3)17-10-7-11-26-17/h5-11,15H,4,12-13H2,1-3H3,(H,20,23)(H,21,24). The first kappa shape index (κ1) is 19.5. The van der Waals surface area contributed by atoms with Gasteiger partial charge in [0.1, 0.15) is 11.5 Å². The lowest BCUT2D eigenvalue weighted by Gasteiger charge is -2.22. The van der Waals surface area contributed by atoms with E-state index in [-0.39, 0.29) is 24.4 Å². The topological polar surface area (TPSA) is 83.8 Å². The molecule has 2 rings (SSSR count). The summed E-state index contributed by atoms with van der Waals surface area (Å²) in [5, 5.41) is 5.43. The number of ether oxygens (including phenoxy) is 1. The molecule has 2 amide bonds. The average molecular weight is 359 g/mol. The number of para-hydroxylation sites is 1.